The predicted octanol–water partition coefficient (Wildman–Crippen LogP) is 0.729. The maximum Gasteiger partial charge on any atom is 0.224 e. The lowest BCUT2D eigenvalue weighted by atomic mass is 10.2. The summed E-state index contributed by atoms with van der Waals surface area (Å²) in [4.78, 5) is 13.2. The van der Waals surface area contributed by atoms with E-state index in [4.69, 9.17) is 16.7 Å². The van der Waals surface area contributed by atoms with E-state index >= 15 is 0 Å². The van der Waals surface area contributed by atoms with Gasteiger partial charge in [-0.3, -0.25) is 4.79 Å². The highest BCUT2D eigenvalue weighted by atomic mass is 35.5. The van der Waals surface area contributed by atoms with Gasteiger partial charge in [0.25, 0.3) is 0 Å². The van der Waals surface area contributed by atoms with Gasteiger partial charge in [-0.2, -0.15) is 0 Å². The highest BCUT2D eigenvalue weighted by Gasteiger charge is 2.36. The first-order valence-corrected chi connectivity index (χ1v) is 7.39. The van der Waals surface area contributed by atoms with Crippen molar-refractivity contribution in [1.82, 2.24) is 4.90 Å². The van der Waals surface area contributed by atoms with Crippen LogP contribution in [0.15, 0.2) is 24.3 Å². The number of hydrogen-bond acceptors (Lipinski definition) is 3. The Hall–Kier alpha value is -1.11. The van der Waals surface area contributed by atoms with E-state index in [-0.39, 0.29) is 18.9 Å². The van der Waals surface area contributed by atoms with Crippen molar-refractivity contribution in [3.05, 3.63) is 34.9 Å². The lowest BCUT2D eigenvalue weighted by Gasteiger charge is -2.17. The summed E-state index contributed by atoms with van der Waals surface area (Å²) >= 11 is 6.00. The van der Waals surface area contributed by atoms with Crippen molar-refractivity contribution in [2.75, 3.05) is 6.54 Å². The topological polar surface area (TPSA) is 80.5 Å². The second-order valence-corrected chi connectivity index (χ2v) is 6.53. The summed E-state index contributed by atoms with van der Waals surface area (Å²) in [5.41, 5.74) is 0.794. The Bertz CT molecular complexity index is 573. The lowest BCUT2D eigenvalue weighted by Crippen LogP contribution is -2.31. The molecular weight excluding hydrogens is 276 g/mol. The second kappa shape index (κ2) is 4.87. The Morgan fingerprint density at radius 1 is 1.39 bits per heavy atom. The number of hydrogen-bond donors (Lipinski definition) is 1. The fourth-order valence-electron chi connectivity index (χ4n) is 1.94. The van der Waals surface area contributed by atoms with Crippen molar-refractivity contribution < 1.29 is 13.2 Å². The van der Waals surface area contributed by atoms with Gasteiger partial charge in [0.2, 0.25) is 15.9 Å². The van der Waals surface area contributed by atoms with Crippen LogP contribution in [0.2, 0.25) is 5.02 Å². The summed E-state index contributed by atoms with van der Waals surface area (Å²) in [5.74, 6) is -0.214. The third kappa shape index (κ3) is 2.82. The Kier molecular flexibility index (Phi) is 3.61. The number of rotatable bonds is 3. The third-order valence-electron chi connectivity index (χ3n) is 2.96. The van der Waals surface area contributed by atoms with Crippen LogP contribution in [0.5, 0.6) is 0 Å². The molecule has 1 aromatic rings. The quantitative estimate of drug-likeness (QED) is 0.890. The van der Waals surface area contributed by atoms with Crippen LogP contribution in [0.25, 0.3) is 0 Å². The number of likely N-dealkylation sites (tertiary alicyclic amines) is 1. The first-order chi connectivity index (χ1) is 8.38. The first kappa shape index (κ1) is 13.3. The number of halogens is 1. The predicted molar refractivity (Wildman–Crippen MR) is 68.4 cm³/mol. The summed E-state index contributed by atoms with van der Waals surface area (Å²) in [5, 5.41) is 4.80. The smallest absolute Gasteiger partial charge is 0.224 e. The van der Waals surface area contributed by atoms with Gasteiger partial charge in [-0.15, -0.1) is 0 Å². The molecule has 0 aliphatic carbocycles. The maximum absolute atomic E-state index is 11.7. The van der Waals surface area contributed by atoms with E-state index in [0.29, 0.717) is 11.6 Å². The average molecular weight is 289 g/mol. The first-order valence-electron chi connectivity index (χ1n) is 5.40. The van der Waals surface area contributed by atoms with E-state index in [1.165, 1.54) is 4.90 Å². The molecule has 0 aromatic heterocycles. The zero-order chi connectivity index (χ0) is 13.3. The van der Waals surface area contributed by atoms with Crippen LogP contribution in [-0.2, 0) is 21.4 Å². The van der Waals surface area contributed by atoms with Gasteiger partial charge >= 0.3 is 0 Å². The van der Waals surface area contributed by atoms with Crippen LogP contribution in [-0.4, -0.2) is 31.0 Å². The van der Waals surface area contributed by atoms with Crippen molar-refractivity contribution >= 4 is 27.5 Å². The minimum absolute atomic E-state index is 0.0523. The van der Waals surface area contributed by atoms with Crippen molar-refractivity contribution in [1.29, 1.82) is 0 Å². The second-order valence-electron chi connectivity index (χ2n) is 4.28. The van der Waals surface area contributed by atoms with Crippen molar-refractivity contribution in [2.24, 2.45) is 5.14 Å². The molecule has 2 rings (SSSR count). The molecule has 1 aromatic carbocycles. The zero-order valence-corrected chi connectivity index (χ0v) is 11.1. The SMILES string of the molecule is NS(=O)(=O)C1CC(=O)N(Cc2ccccc2Cl)C1. The van der Waals surface area contributed by atoms with Gasteiger partial charge in [0.1, 0.15) is 5.25 Å². The molecule has 0 spiro atoms. The molecule has 0 radical (unpaired) electrons. The fraction of sp³-hybridized carbons (Fsp3) is 0.364. The van der Waals surface area contributed by atoms with E-state index < -0.39 is 15.3 Å². The van der Waals surface area contributed by atoms with Gasteiger partial charge in [-0.05, 0) is 11.6 Å². The number of carbonyl (C=O) groups is 1. The summed E-state index contributed by atoms with van der Waals surface area (Å²) < 4.78 is 22.4. The van der Waals surface area contributed by atoms with Crippen LogP contribution in [0.3, 0.4) is 0 Å². The molecule has 0 bridgehead atoms. The number of carbonyl (C=O) groups excluding carboxylic acids is 1. The number of nitrogens with zero attached hydrogens (tertiary/aromatic N) is 1. The molecule has 1 aliphatic heterocycles. The Morgan fingerprint density at radius 3 is 2.61 bits per heavy atom. The molecular formula is C11H13ClN2O3S. The largest absolute Gasteiger partial charge is 0.337 e. The third-order valence-corrected chi connectivity index (χ3v) is 4.58. The van der Waals surface area contributed by atoms with E-state index in [2.05, 4.69) is 0 Å². The summed E-state index contributed by atoms with van der Waals surface area (Å²) in [6.07, 6.45) is -0.0523. The molecule has 98 valence electrons. The fourth-order valence-corrected chi connectivity index (χ4v) is 2.90. The standard InChI is InChI=1S/C11H13ClN2O3S/c12-10-4-2-1-3-8(10)6-14-7-9(5-11(14)15)18(13,16)17/h1-4,9H,5-7H2,(H2,13,16,17). The van der Waals surface area contributed by atoms with Gasteiger partial charge in [0, 0.05) is 24.5 Å². The van der Waals surface area contributed by atoms with Crippen LogP contribution >= 0.6 is 11.6 Å². The lowest BCUT2D eigenvalue weighted by molar-refractivity contribution is -0.128. The minimum atomic E-state index is -3.67. The highest BCUT2D eigenvalue weighted by Crippen LogP contribution is 2.22. The number of benzene rings is 1. The monoisotopic (exact) mass is 288 g/mol. The molecule has 1 atom stereocenters. The van der Waals surface area contributed by atoms with Gasteiger partial charge in [-0.1, -0.05) is 29.8 Å². The molecule has 1 amide bonds. The Morgan fingerprint density at radius 2 is 2.06 bits per heavy atom. The molecule has 1 saturated heterocycles. The summed E-state index contributed by atoms with van der Waals surface area (Å²) in [6.45, 7) is 0.438. The minimum Gasteiger partial charge on any atom is -0.337 e. The van der Waals surface area contributed by atoms with E-state index in [1.807, 2.05) is 6.07 Å². The molecule has 1 aliphatic rings. The number of sulfonamides is 1. The maximum atomic E-state index is 11.7. The molecule has 1 unspecified atom stereocenters. The van der Waals surface area contributed by atoms with Gasteiger partial charge in [0.05, 0.1) is 0 Å². The molecule has 5 nitrogen and oxygen atoms in total. The molecule has 7 heteroatoms. The van der Waals surface area contributed by atoms with Gasteiger partial charge < -0.3 is 4.90 Å². The number of nitrogens with two attached hydrogens (primary N) is 1. The van der Waals surface area contributed by atoms with Crippen LogP contribution in [0.4, 0.5) is 0 Å². The van der Waals surface area contributed by atoms with E-state index in [0.717, 1.165) is 5.56 Å². The van der Waals surface area contributed by atoms with Gasteiger partial charge in [-0.25, -0.2) is 13.6 Å². The molecule has 1 heterocycles. The molecule has 1 fully saturated rings. The Balaban J connectivity index is 2.13. The Labute approximate surface area is 111 Å². The van der Waals surface area contributed by atoms with Crippen LogP contribution in [0.1, 0.15) is 12.0 Å². The highest BCUT2D eigenvalue weighted by molar-refractivity contribution is 7.89. The zero-order valence-electron chi connectivity index (χ0n) is 9.54. The molecule has 0 saturated carbocycles. The van der Waals surface area contributed by atoms with Gasteiger partial charge in [0.15, 0.2) is 0 Å². The van der Waals surface area contributed by atoms with E-state index in [1.54, 1.807) is 18.2 Å². The summed E-state index contributed by atoms with van der Waals surface area (Å²) in [7, 11) is -3.67. The normalized spacial score (nSPS) is 20.4. The van der Waals surface area contributed by atoms with E-state index in [9.17, 15) is 13.2 Å². The van der Waals surface area contributed by atoms with Crippen molar-refractivity contribution in [3.8, 4) is 0 Å². The number of amides is 1. The molecule has 18 heavy (non-hydrogen) atoms. The van der Waals surface area contributed by atoms with Crippen LogP contribution < -0.4 is 5.14 Å². The summed E-state index contributed by atoms with van der Waals surface area (Å²) in [6, 6.07) is 7.15. The number of primary sulfonamides is 1. The van der Waals surface area contributed by atoms with Crippen molar-refractivity contribution in [2.45, 2.75) is 18.2 Å². The van der Waals surface area contributed by atoms with Crippen molar-refractivity contribution in [3.63, 3.8) is 0 Å². The van der Waals surface area contributed by atoms with Crippen LogP contribution in [0, 0.1) is 0 Å². The molecule has 2 N–H and O–H groups in total. The average Bonchev–Trinajstić information content (AvgIpc) is 2.63.